The first-order valence-corrected chi connectivity index (χ1v) is 6.34. The number of carboxylic acid groups (broad SMARTS) is 1. The van der Waals surface area contributed by atoms with Gasteiger partial charge in [0.2, 0.25) is 0 Å². The van der Waals surface area contributed by atoms with Crippen LogP contribution in [0.1, 0.15) is 15.9 Å². The van der Waals surface area contributed by atoms with E-state index in [-0.39, 0.29) is 0 Å². The lowest BCUT2D eigenvalue weighted by molar-refractivity contribution is 0.0697. The molecule has 20 heavy (non-hydrogen) atoms. The van der Waals surface area contributed by atoms with Crippen molar-refractivity contribution in [2.75, 3.05) is 0 Å². The molecule has 1 aromatic heterocycles. The summed E-state index contributed by atoms with van der Waals surface area (Å²) in [6.45, 7) is 1.97. The zero-order valence-corrected chi connectivity index (χ0v) is 11.0. The first-order valence-electron chi connectivity index (χ1n) is 6.34. The van der Waals surface area contributed by atoms with Crippen molar-refractivity contribution in [1.82, 2.24) is 4.98 Å². The van der Waals surface area contributed by atoms with Crippen molar-refractivity contribution in [3.8, 4) is 11.1 Å². The second-order valence-corrected chi connectivity index (χ2v) is 4.74. The molecule has 3 rings (SSSR count). The van der Waals surface area contributed by atoms with E-state index in [9.17, 15) is 4.79 Å². The van der Waals surface area contributed by atoms with E-state index in [4.69, 9.17) is 5.11 Å². The fourth-order valence-electron chi connectivity index (χ4n) is 2.38. The number of nitrogens with zero attached hydrogens (tertiary/aromatic N) is 1. The number of fused-ring (bicyclic) bond motifs is 1. The maximum atomic E-state index is 11.1. The van der Waals surface area contributed by atoms with Gasteiger partial charge in [-0.2, -0.15) is 0 Å². The quantitative estimate of drug-likeness (QED) is 0.762. The molecule has 0 saturated carbocycles. The van der Waals surface area contributed by atoms with Gasteiger partial charge in [-0.15, -0.1) is 0 Å². The van der Waals surface area contributed by atoms with Crippen molar-refractivity contribution in [2.24, 2.45) is 0 Å². The number of aromatic nitrogens is 1. The monoisotopic (exact) mass is 263 g/mol. The van der Waals surface area contributed by atoms with Gasteiger partial charge in [-0.3, -0.25) is 4.98 Å². The Morgan fingerprint density at radius 2 is 1.85 bits per heavy atom. The molecule has 3 nitrogen and oxygen atoms in total. The third-order valence-corrected chi connectivity index (χ3v) is 3.44. The van der Waals surface area contributed by atoms with Crippen LogP contribution in [-0.2, 0) is 0 Å². The van der Waals surface area contributed by atoms with Gasteiger partial charge >= 0.3 is 5.97 Å². The van der Waals surface area contributed by atoms with Gasteiger partial charge in [-0.1, -0.05) is 30.3 Å². The Bertz CT molecular complexity index is 804. The van der Waals surface area contributed by atoms with Gasteiger partial charge in [-0.25, -0.2) is 4.79 Å². The van der Waals surface area contributed by atoms with E-state index >= 15 is 0 Å². The molecule has 0 amide bonds. The number of carbonyl (C=O) groups is 1. The van der Waals surface area contributed by atoms with Gasteiger partial charge in [0.05, 0.1) is 5.56 Å². The smallest absolute Gasteiger partial charge is 0.335 e. The van der Waals surface area contributed by atoms with Crippen LogP contribution in [0.25, 0.3) is 21.9 Å². The summed E-state index contributed by atoms with van der Waals surface area (Å²) in [7, 11) is 0. The number of rotatable bonds is 2. The van der Waals surface area contributed by atoms with Crippen LogP contribution in [0, 0.1) is 6.92 Å². The minimum Gasteiger partial charge on any atom is -0.478 e. The summed E-state index contributed by atoms with van der Waals surface area (Å²) in [5.41, 5.74) is 3.20. The Morgan fingerprint density at radius 1 is 1.05 bits per heavy atom. The summed E-state index contributed by atoms with van der Waals surface area (Å²) in [5, 5.41) is 11.3. The van der Waals surface area contributed by atoms with Gasteiger partial charge < -0.3 is 5.11 Å². The van der Waals surface area contributed by atoms with Crippen LogP contribution >= 0.6 is 0 Å². The van der Waals surface area contributed by atoms with Crippen molar-refractivity contribution < 1.29 is 9.90 Å². The van der Waals surface area contributed by atoms with Crippen molar-refractivity contribution in [3.63, 3.8) is 0 Å². The van der Waals surface area contributed by atoms with Crippen molar-refractivity contribution >= 4 is 16.7 Å². The molecule has 1 N–H and O–H groups in total. The lowest BCUT2D eigenvalue weighted by Gasteiger charge is -2.10. The van der Waals surface area contributed by atoms with E-state index in [0.29, 0.717) is 5.56 Å². The molecule has 98 valence electrons. The minimum atomic E-state index is -0.917. The van der Waals surface area contributed by atoms with E-state index in [0.717, 1.165) is 27.5 Å². The Balaban J connectivity index is 2.30. The molecule has 2 aromatic carbocycles. The molecule has 0 bridgehead atoms. The Morgan fingerprint density at radius 3 is 2.65 bits per heavy atom. The van der Waals surface area contributed by atoms with Crippen LogP contribution in [0.3, 0.4) is 0 Å². The predicted octanol–water partition coefficient (Wildman–Crippen LogP) is 3.91. The molecular weight excluding hydrogens is 250 g/mol. The summed E-state index contributed by atoms with van der Waals surface area (Å²) in [4.78, 5) is 15.4. The van der Waals surface area contributed by atoms with E-state index in [1.165, 1.54) is 0 Å². The molecule has 0 aliphatic carbocycles. The van der Waals surface area contributed by atoms with Crippen molar-refractivity contribution in [1.29, 1.82) is 0 Å². The third kappa shape index (κ3) is 2.03. The number of hydrogen-bond donors (Lipinski definition) is 1. The van der Waals surface area contributed by atoms with Gasteiger partial charge in [-0.05, 0) is 35.6 Å². The maximum absolute atomic E-state index is 11.1. The lowest BCUT2D eigenvalue weighted by Crippen LogP contribution is -1.97. The molecule has 0 aliphatic heterocycles. The molecule has 0 spiro atoms. The number of carboxylic acids is 1. The van der Waals surface area contributed by atoms with Gasteiger partial charge in [0.25, 0.3) is 0 Å². The van der Waals surface area contributed by atoms with Crippen LogP contribution in [0.2, 0.25) is 0 Å². The molecule has 0 saturated heterocycles. The maximum Gasteiger partial charge on any atom is 0.335 e. The zero-order chi connectivity index (χ0) is 14.1. The summed E-state index contributed by atoms with van der Waals surface area (Å²) < 4.78 is 0. The predicted molar refractivity (Wildman–Crippen MR) is 78.9 cm³/mol. The molecule has 1 heterocycles. The number of aryl methyl sites for hydroxylation is 1. The lowest BCUT2D eigenvalue weighted by atomic mass is 9.95. The summed E-state index contributed by atoms with van der Waals surface area (Å²) in [6.07, 6.45) is 3.60. The molecular formula is C17H13NO2. The van der Waals surface area contributed by atoms with Gasteiger partial charge in [0.15, 0.2) is 0 Å². The molecule has 0 unspecified atom stereocenters. The molecule has 0 radical (unpaired) electrons. The second-order valence-electron chi connectivity index (χ2n) is 4.74. The highest BCUT2D eigenvalue weighted by atomic mass is 16.4. The molecule has 0 aliphatic rings. The Kier molecular flexibility index (Phi) is 2.95. The Hall–Kier alpha value is -2.68. The Labute approximate surface area is 116 Å². The normalized spacial score (nSPS) is 10.7. The standard InChI is InChI=1S/C17H13NO2/c1-11-6-7-12(17(19)20)8-15(11)16-10-18-9-13-4-2-3-5-14(13)16/h2-10H,1H3,(H,19,20). The first kappa shape index (κ1) is 12.4. The van der Waals surface area contributed by atoms with E-state index in [2.05, 4.69) is 4.98 Å². The van der Waals surface area contributed by atoms with Gasteiger partial charge in [0.1, 0.15) is 0 Å². The average molecular weight is 263 g/mol. The minimum absolute atomic E-state index is 0.290. The molecule has 0 atom stereocenters. The SMILES string of the molecule is Cc1ccc(C(=O)O)cc1-c1cncc2ccccc12. The summed E-state index contributed by atoms with van der Waals surface area (Å²) in [5.74, 6) is -0.917. The number of aromatic carboxylic acids is 1. The molecule has 3 heteroatoms. The molecule has 0 fully saturated rings. The fourth-order valence-corrected chi connectivity index (χ4v) is 2.38. The van der Waals surface area contributed by atoms with Crippen LogP contribution in [0.5, 0.6) is 0 Å². The largest absolute Gasteiger partial charge is 0.478 e. The number of pyridine rings is 1. The van der Waals surface area contributed by atoms with Crippen LogP contribution < -0.4 is 0 Å². The summed E-state index contributed by atoms with van der Waals surface area (Å²) in [6, 6.07) is 13.1. The average Bonchev–Trinajstić information content (AvgIpc) is 2.47. The second kappa shape index (κ2) is 4.78. The molecule has 3 aromatic rings. The number of hydrogen-bond acceptors (Lipinski definition) is 2. The highest BCUT2D eigenvalue weighted by molar-refractivity contribution is 5.98. The van der Waals surface area contributed by atoms with Crippen molar-refractivity contribution in [3.05, 3.63) is 66.0 Å². The zero-order valence-electron chi connectivity index (χ0n) is 11.0. The van der Waals surface area contributed by atoms with Crippen molar-refractivity contribution in [2.45, 2.75) is 6.92 Å². The van der Waals surface area contributed by atoms with Crippen LogP contribution in [0.15, 0.2) is 54.9 Å². The topological polar surface area (TPSA) is 50.2 Å². The number of benzene rings is 2. The fraction of sp³-hybridized carbons (Fsp3) is 0.0588. The van der Waals surface area contributed by atoms with Crippen LogP contribution in [0.4, 0.5) is 0 Å². The highest BCUT2D eigenvalue weighted by Gasteiger charge is 2.10. The van der Waals surface area contributed by atoms with Crippen LogP contribution in [-0.4, -0.2) is 16.1 Å². The summed E-state index contributed by atoms with van der Waals surface area (Å²) >= 11 is 0. The van der Waals surface area contributed by atoms with E-state index in [1.807, 2.05) is 43.5 Å². The first-order chi connectivity index (χ1) is 9.66. The van der Waals surface area contributed by atoms with E-state index in [1.54, 1.807) is 18.3 Å². The van der Waals surface area contributed by atoms with E-state index < -0.39 is 5.97 Å². The highest BCUT2D eigenvalue weighted by Crippen LogP contribution is 2.30. The van der Waals surface area contributed by atoms with Gasteiger partial charge in [0, 0.05) is 23.3 Å². The third-order valence-electron chi connectivity index (χ3n) is 3.44.